The van der Waals surface area contributed by atoms with E-state index in [4.69, 9.17) is 16.3 Å². The maximum absolute atomic E-state index is 13.0. The Morgan fingerprint density at radius 2 is 1.61 bits per heavy atom. The SMILES string of the molecule is C[C@H](Oc1ccc(Cl)cc1)C(=O)N1CCN(S(=O)(=O)c2ccc(F)cc2)CC1. The van der Waals surface area contributed by atoms with Crippen molar-refractivity contribution in [1.82, 2.24) is 9.21 Å². The topological polar surface area (TPSA) is 66.9 Å². The van der Waals surface area contributed by atoms with Crippen LogP contribution in [0.2, 0.25) is 5.02 Å². The number of piperazine rings is 1. The number of carbonyl (C=O) groups excluding carboxylic acids is 1. The third-order valence-electron chi connectivity index (χ3n) is 4.48. The molecule has 0 aliphatic carbocycles. The largest absolute Gasteiger partial charge is 0.481 e. The molecule has 1 aliphatic heterocycles. The molecular formula is C19H20ClFN2O4S. The maximum atomic E-state index is 13.0. The van der Waals surface area contributed by atoms with Crippen LogP contribution in [0, 0.1) is 5.82 Å². The molecule has 0 aromatic heterocycles. The summed E-state index contributed by atoms with van der Waals surface area (Å²) in [5.74, 6) is -0.180. The predicted molar refractivity (Wildman–Crippen MR) is 103 cm³/mol. The van der Waals surface area contributed by atoms with Crippen molar-refractivity contribution in [3.05, 3.63) is 59.4 Å². The van der Waals surface area contributed by atoms with Crippen LogP contribution in [-0.2, 0) is 14.8 Å². The lowest BCUT2D eigenvalue weighted by molar-refractivity contribution is -0.139. The predicted octanol–water partition coefficient (Wildman–Crippen LogP) is 2.78. The highest BCUT2D eigenvalue weighted by Gasteiger charge is 2.32. The van der Waals surface area contributed by atoms with E-state index in [9.17, 15) is 17.6 Å². The molecule has 0 bridgehead atoms. The minimum Gasteiger partial charge on any atom is -0.481 e. The summed E-state index contributed by atoms with van der Waals surface area (Å²) in [5.41, 5.74) is 0. The van der Waals surface area contributed by atoms with Crippen LogP contribution in [0.1, 0.15) is 6.92 Å². The van der Waals surface area contributed by atoms with Gasteiger partial charge in [-0.05, 0) is 55.5 Å². The number of hydrogen-bond acceptors (Lipinski definition) is 4. The van der Waals surface area contributed by atoms with Crippen molar-refractivity contribution in [2.24, 2.45) is 0 Å². The highest BCUT2D eigenvalue weighted by atomic mass is 35.5. The monoisotopic (exact) mass is 426 g/mol. The summed E-state index contributed by atoms with van der Waals surface area (Å²) in [6.07, 6.45) is -0.707. The van der Waals surface area contributed by atoms with Crippen molar-refractivity contribution in [3.63, 3.8) is 0 Å². The van der Waals surface area contributed by atoms with E-state index in [1.165, 1.54) is 16.4 Å². The minimum atomic E-state index is -3.72. The van der Waals surface area contributed by atoms with Gasteiger partial charge in [0, 0.05) is 31.2 Å². The van der Waals surface area contributed by atoms with Gasteiger partial charge in [0.2, 0.25) is 10.0 Å². The number of nitrogens with zero attached hydrogens (tertiary/aromatic N) is 2. The first kappa shape index (κ1) is 20.6. The van der Waals surface area contributed by atoms with Crippen LogP contribution in [0.25, 0.3) is 0 Å². The third kappa shape index (κ3) is 4.63. The molecule has 6 nitrogen and oxygen atoms in total. The first-order valence-electron chi connectivity index (χ1n) is 8.74. The Labute approximate surface area is 168 Å². The molecule has 150 valence electrons. The van der Waals surface area contributed by atoms with Crippen molar-refractivity contribution < 1.29 is 22.3 Å². The minimum absolute atomic E-state index is 0.0353. The molecule has 1 saturated heterocycles. The molecular weight excluding hydrogens is 407 g/mol. The summed E-state index contributed by atoms with van der Waals surface area (Å²) >= 11 is 5.83. The van der Waals surface area contributed by atoms with Gasteiger partial charge in [0.15, 0.2) is 6.10 Å². The van der Waals surface area contributed by atoms with Crippen LogP contribution < -0.4 is 4.74 Å². The van der Waals surface area contributed by atoms with Crippen molar-refractivity contribution in [3.8, 4) is 5.75 Å². The first-order valence-corrected chi connectivity index (χ1v) is 10.6. The molecule has 0 radical (unpaired) electrons. The van der Waals surface area contributed by atoms with E-state index in [0.29, 0.717) is 10.8 Å². The van der Waals surface area contributed by atoms with Crippen LogP contribution in [0.15, 0.2) is 53.4 Å². The highest BCUT2D eigenvalue weighted by Crippen LogP contribution is 2.20. The highest BCUT2D eigenvalue weighted by molar-refractivity contribution is 7.89. The Hall–Kier alpha value is -2.16. The third-order valence-corrected chi connectivity index (χ3v) is 6.64. The second-order valence-corrected chi connectivity index (χ2v) is 8.77. The van der Waals surface area contributed by atoms with Gasteiger partial charge in [-0.1, -0.05) is 11.6 Å². The average Bonchev–Trinajstić information content (AvgIpc) is 2.69. The summed E-state index contributed by atoms with van der Waals surface area (Å²) < 4.78 is 45.3. The number of hydrogen-bond donors (Lipinski definition) is 0. The molecule has 1 aliphatic rings. The molecule has 0 spiro atoms. The van der Waals surface area contributed by atoms with Gasteiger partial charge in [0.05, 0.1) is 4.90 Å². The lowest BCUT2D eigenvalue weighted by Gasteiger charge is -2.35. The van der Waals surface area contributed by atoms with Crippen LogP contribution in [0.5, 0.6) is 5.75 Å². The molecule has 1 fully saturated rings. The number of sulfonamides is 1. The van der Waals surface area contributed by atoms with Gasteiger partial charge < -0.3 is 9.64 Å². The lowest BCUT2D eigenvalue weighted by atomic mass is 10.2. The summed E-state index contributed by atoms with van der Waals surface area (Å²) in [4.78, 5) is 14.2. The number of amides is 1. The number of halogens is 2. The summed E-state index contributed by atoms with van der Waals surface area (Å²) in [6, 6.07) is 11.4. The van der Waals surface area contributed by atoms with Gasteiger partial charge in [-0.3, -0.25) is 4.79 Å². The van der Waals surface area contributed by atoms with Crippen molar-refractivity contribution in [2.45, 2.75) is 17.9 Å². The zero-order chi connectivity index (χ0) is 20.3. The molecule has 1 atom stereocenters. The zero-order valence-electron chi connectivity index (χ0n) is 15.2. The van der Waals surface area contributed by atoms with Gasteiger partial charge in [-0.2, -0.15) is 4.31 Å². The van der Waals surface area contributed by atoms with E-state index in [1.54, 1.807) is 36.1 Å². The van der Waals surface area contributed by atoms with E-state index >= 15 is 0 Å². The Kier molecular flexibility index (Phi) is 6.22. The van der Waals surface area contributed by atoms with Gasteiger partial charge in [0.1, 0.15) is 11.6 Å². The molecule has 1 heterocycles. The van der Waals surface area contributed by atoms with Gasteiger partial charge in [-0.25, -0.2) is 12.8 Å². The Bertz CT molecular complexity index is 927. The molecule has 0 unspecified atom stereocenters. The molecule has 3 rings (SSSR count). The summed E-state index contributed by atoms with van der Waals surface area (Å²) in [6.45, 7) is 2.50. The first-order chi connectivity index (χ1) is 13.3. The fraction of sp³-hybridized carbons (Fsp3) is 0.316. The number of benzene rings is 2. The number of ether oxygens (including phenoxy) is 1. The molecule has 1 amide bonds. The van der Waals surface area contributed by atoms with Crippen molar-refractivity contribution >= 4 is 27.5 Å². The Balaban J connectivity index is 1.58. The molecule has 0 saturated carbocycles. The van der Waals surface area contributed by atoms with E-state index < -0.39 is 21.9 Å². The smallest absolute Gasteiger partial charge is 0.263 e. The van der Waals surface area contributed by atoms with E-state index in [1.807, 2.05) is 0 Å². The molecule has 0 N–H and O–H groups in total. The van der Waals surface area contributed by atoms with E-state index in [2.05, 4.69) is 0 Å². The average molecular weight is 427 g/mol. The van der Waals surface area contributed by atoms with E-state index in [-0.39, 0.29) is 37.0 Å². The van der Waals surface area contributed by atoms with Gasteiger partial charge >= 0.3 is 0 Å². The Morgan fingerprint density at radius 1 is 1.04 bits per heavy atom. The Morgan fingerprint density at radius 3 is 2.18 bits per heavy atom. The second kappa shape index (κ2) is 8.46. The van der Waals surface area contributed by atoms with Crippen molar-refractivity contribution in [1.29, 1.82) is 0 Å². The molecule has 9 heteroatoms. The molecule has 2 aromatic rings. The zero-order valence-corrected chi connectivity index (χ0v) is 16.8. The normalized spacial score (nSPS) is 16.6. The number of carbonyl (C=O) groups is 1. The van der Waals surface area contributed by atoms with Gasteiger partial charge in [-0.15, -0.1) is 0 Å². The van der Waals surface area contributed by atoms with E-state index in [0.717, 1.165) is 12.1 Å². The molecule has 28 heavy (non-hydrogen) atoms. The lowest BCUT2D eigenvalue weighted by Crippen LogP contribution is -2.53. The van der Waals surface area contributed by atoms with Gasteiger partial charge in [0.25, 0.3) is 5.91 Å². The summed E-state index contributed by atoms with van der Waals surface area (Å²) in [5, 5.41) is 0.574. The van der Waals surface area contributed by atoms with Crippen LogP contribution in [-0.4, -0.2) is 55.8 Å². The fourth-order valence-electron chi connectivity index (χ4n) is 2.93. The maximum Gasteiger partial charge on any atom is 0.263 e. The second-order valence-electron chi connectivity index (χ2n) is 6.40. The number of rotatable bonds is 5. The van der Waals surface area contributed by atoms with Crippen LogP contribution in [0.4, 0.5) is 4.39 Å². The van der Waals surface area contributed by atoms with Crippen LogP contribution >= 0.6 is 11.6 Å². The van der Waals surface area contributed by atoms with Crippen molar-refractivity contribution in [2.75, 3.05) is 26.2 Å². The van der Waals surface area contributed by atoms with Crippen LogP contribution in [0.3, 0.4) is 0 Å². The fourth-order valence-corrected chi connectivity index (χ4v) is 4.48. The molecule has 2 aromatic carbocycles. The standard InChI is InChI=1S/C19H20ClFN2O4S/c1-14(27-17-6-2-15(20)3-7-17)19(24)22-10-12-23(13-11-22)28(25,26)18-8-4-16(21)5-9-18/h2-9,14H,10-13H2,1H3/t14-/m0/s1. The quantitative estimate of drug-likeness (QED) is 0.737. The summed E-state index contributed by atoms with van der Waals surface area (Å²) in [7, 11) is -3.72.